The van der Waals surface area contributed by atoms with Gasteiger partial charge in [0.05, 0.1) is 23.8 Å². The predicted molar refractivity (Wildman–Crippen MR) is 137 cm³/mol. The molecule has 180 valence electrons. The van der Waals surface area contributed by atoms with Gasteiger partial charge in [-0.1, -0.05) is 60.7 Å². The van der Waals surface area contributed by atoms with Crippen molar-refractivity contribution in [3.05, 3.63) is 108 Å². The van der Waals surface area contributed by atoms with Gasteiger partial charge in [-0.15, -0.1) is 0 Å². The van der Waals surface area contributed by atoms with Gasteiger partial charge >= 0.3 is 5.97 Å². The summed E-state index contributed by atoms with van der Waals surface area (Å²) in [4.78, 5) is 16.7. The van der Waals surface area contributed by atoms with Gasteiger partial charge in [0, 0.05) is 18.5 Å². The zero-order valence-corrected chi connectivity index (χ0v) is 20.0. The molecule has 5 rings (SSSR count). The molecule has 0 saturated heterocycles. The summed E-state index contributed by atoms with van der Waals surface area (Å²) in [6, 6.07) is 28.9. The van der Waals surface area contributed by atoms with Gasteiger partial charge < -0.3 is 14.2 Å². The Morgan fingerprint density at radius 1 is 0.833 bits per heavy atom. The fourth-order valence-corrected chi connectivity index (χ4v) is 3.95. The van der Waals surface area contributed by atoms with Crippen molar-refractivity contribution in [1.29, 1.82) is 0 Å². The van der Waals surface area contributed by atoms with Crippen LogP contribution in [-0.2, 0) is 25.0 Å². The minimum absolute atomic E-state index is 0.347. The van der Waals surface area contributed by atoms with Gasteiger partial charge in [-0.25, -0.2) is 4.79 Å². The number of aryl methyl sites for hydroxylation is 1. The Kier molecular flexibility index (Phi) is 6.62. The fourth-order valence-electron chi connectivity index (χ4n) is 3.95. The topological polar surface area (TPSA) is 75.5 Å². The molecule has 7 heteroatoms. The second-order valence-corrected chi connectivity index (χ2v) is 8.25. The molecule has 0 atom stereocenters. The molecule has 0 aliphatic carbocycles. The standard InChI is InChI=1S/C29H25N3O4/c1-32-25-17-22(29(33)34-2)13-14-23(25)27(31-32)24-15-16-26(35-18-20-9-5-3-6-10-20)30-28(24)36-19-21-11-7-4-8-12-21/h3-17H,18-19H2,1-2H3. The average molecular weight is 480 g/mol. The first-order valence-corrected chi connectivity index (χ1v) is 11.5. The van der Waals surface area contributed by atoms with Gasteiger partial charge in [0.2, 0.25) is 11.8 Å². The zero-order valence-electron chi connectivity index (χ0n) is 20.0. The van der Waals surface area contributed by atoms with E-state index < -0.39 is 5.97 Å². The molecule has 0 aliphatic heterocycles. The molecule has 7 nitrogen and oxygen atoms in total. The van der Waals surface area contributed by atoms with Crippen LogP contribution in [0.2, 0.25) is 0 Å². The number of hydrogen-bond donors (Lipinski definition) is 0. The molecule has 0 amide bonds. The number of carbonyl (C=O) groups excluding carboxylic acids is 1. The number of hydrogen-bond acceptors (Lipinski definition) is 6. The van der Waals surface area contributed by atoms with Crippen LogP contribution in [-0.4, -0.2) is 27.8 Å². The summed E-state index contributed by atoms with van der Waals surface area (Å²) in [7, 11) is 3.20. The molecule has 3 aromatic carbocycles. The SMILES string of the molecule is COC(=O)c1ccc2c(-c3ccc(OCc4ccccc4)nc3OCc3ccccc3)nn(C)c2c1. The molecule has 36 heavy (non-hydrogen) atoms. The Morgan fingerprint density at radius 2 is 1.50 bits per heavy atom. The van der Waals surface area contributed by atoms with E-state index in [0.717, 1.165) is 27.6 Å². The van der Waals surface area contributed by atoms with Crippen molar-refractivity contribution in [2.45, 2.75) is 13.2 Å². The van der Waals surface area contributed by atoms with Crippen LogP contribution < -0.4 is 9.47 Å². The number of nitrogens with zero attached hydrogens (tertiary/aromatic N) is 3. The highest BCUT2D eigenvalue weighted by Crippen LogP contribution is 2.35. The van der Waals surface area contributed by atoms with E-state index in [4.69, 9.17) is 19.3 Å². The van der Waals surface area contributed by atoms with E-state index in [1.165, 1.54) is 7.11 Å². The number of benzene rings is 3. The molecule has 0 unspecified atom stereocenters. The summed E-state index contributed by atoms with van der Waals surface area (Å²) in [6.07, 6.45) is 0. The normalized spacial score (nSPS) is 10.8. The maximum Gasteiger partial charge on any atom is 0.337 e. The molecule has 2 heterocycles. The third kappa shape index (κ3) is 4.90. The smallest absolute Gasteiger partial charge is 0.337 e. The van der Waals surface area contributed by atoms with Crippen molar-refractivity contribution in [1.82, 2.24) is 14.8 Å². The molecule has 0 fully saturated rings. The Labute approximate surface area is 208 Å². The molecule has 0 bridgehead atoms. The van der Waals surface area contributed by atoms with E-state index in [0.29, 0.717) is 36.2 Å². The number of esters is 1. The average Bonchev–Trinajstić information content (AvgIpc) is 3.26. The van der Waals surface area contributed by atoms with Crippen molar-refractivity contribution < 1.29 is 19.0 Å². The fraction of sp³-hybridized carbons (Fsp3) is 0.138. The van der Waals surface area contributed by atoms with Gasteiger partial charge in [0.25, 0.3) is 0 Å². The van der Waals surface area contributed by atoms with E-state index in [-0.39, 0.29) is 0 Å². The van der Waals surface area contributed by atoms with Crippen LogP contribution >= 0.6 is 0 Å². The molecule has 2 aromatic heterocycles. The quantitative estimate of drug-likeness (QED) is 0.271. The van der Waals surface area contributed by atoms with Crippen LogP contribution in [0.4, 0.5) is 0 Å². The second kappa shape index (κ2) is 10.3. The summed E-state index contributed by atoms with van der Waals surface area (Å²) in [5.74, 6) is 0.480. The van der Waals surface area contributed by atoms with Gasteiger partial charge in [-0.05, 0) is 35.4 Å². The molecule has 0 saturated carbocycles. The van der Waals surface area contributed by atoms with E-state index >= 15 is 0 Å². The van der Waals surface area contributed by atoms with Gasteiger partial charge in [-0.2, -0.15) is 10.1 Å². The first-order chi connectivity index (χ1) is 17.6. The van der Waals surface area contributed by atoms with Crippen molar-refractivity contribution in [3.63, 3.8) is 0 Å². The van der Waals surface area contributed by atoms with Crippen LogP contribution in [0, 0.1) is 0 Å². The Hall–Kier alpha value is -4.65. The summed E-state index contributed by atoms with van der Waals surface area (Å²) < 4.78 is 18.7. The van der Waals surface area contributed by atoms with E-state index in [1.807, 2.05) is 85.9 Å². The van der Waals surface area contributed by atoms with Crippen molar-refractivity contribution in [3.8, 4) is 23.0 Å². The number of aromatic nitrogens is 3. The number of fused-ring (bicyclic) bond motifs is 1. The van der Waals surface area contributed by atoms with E-state index in [9.17, 15) is 4.79 Å². The first kappa shape index (κ1) is 23.1. The minimum Gasteiger partial charge on any atom is -0.473 e. The van der Waals surface area contributed by atoms with Crippen LogP contribution in [0.3, 0.4) is 0 Å². The summed E-state index contributed by atoms with van der Waals surface area (Å²) in [5, 5.41) is 5.60. The maximum absolute atomic E-state index is 12.0. The lowest BCUT2D eigenvalue weighted by Crippen LogP contribution is -2.02. The highest BCUT2D eigenvalue weighted by molar-refractivity contribution is 5.99. The van der Waals surface area contributed by atoms with Gasteiger partial charge in [0.1, 0.15) is 18.9 Å². The molecule has 0 N–H and O–H groups in total. The highest BCUT2D eigenvalue weighted by Gasteiger charge is 2.19. The minimum atomic E-state index is -0.395. The summed E-state index contributed by atoms with van der Waals surface area (Å²) in [6.45, 7) is 0.744. The lowest BCUT2D eigenvalue weighted by Gasteiger charge is -2.12. The Morgan fingerprint density at radius 3 is 2.17 bits per heavy atom. The number of pyridine rings is 1. The summed E-state index contributed by atoms with van der Waals surface area (Å²) >= 11 is 0. The third-order valence-electron chi connectivity index (χ3n) is 5.81. The van der Waals surface area contributed by atoms with E-state index in [2.05, 4.69) is 4.98 Å². The van der Waals surface area contributed by atoms with Crippen molar-refractivity contribution >= 4 is 16.9 Å². The van der Waals surface area contributed by atoms with Crippen LogP contribution in [0.5, 0.6) is 11.8 Å². The summed E-state index contributed by atoms with van der Waals surface area (Å²) in [5.41, 5.74) is 4.76. The highest BCUT2D eigenvalue weighted by atomic mass is 16.5. The molecule has 5 aromatic rings. The van der Waals surface area contributed by atoms with Crippen LogP contribution in [0.15, 0.2) is 91.0 Å². The third-order valence-corrected chi connectivity index (χ3v) is 5.81. The Bertz CT molecular complexity index is 1500. The molecule has 0 aliphatic rings. The van der Waals surface area contributed by atoms with Gasteiger partial charge in [-0.3, -0.25) is 4.68 Å². The zero-order chi connectivity index (χ0) is 24.9. The number of methoxy groups -OCH3 is 1. The van der Waals surface area contributed by atoms with E-state index in [1.54, 1.807) is 16.8 Å². The van der Waals surface area contributed by atoms with Gasteiger partial charge in [0.15, 0.2) is 0 Å². The Balaban J connectivity index is 1.51. The number of carbonyl (C=O) groups is 1. The first-order valence-electron chi connectivity index (χ1n) is 11.5. The lowest BCUT2D eigenvalue weighted by molar-refractivity contribution is 0.0601. The molecular formula is C29H25N3O4. The number of ether oxygens (including phenoxy) is 3. The number of rotatable bonds is 8. The second-order valence-electron chi connectivity index (χ2n) is 8.25. The molecule has 0 radical (unpaired) electrons. The van der Waals surface area contributed by atoms with Crippen molar-refractivity contribution in [2.24, 2.45) is 7.05 Å². The predicted octanol–water partition coefficient (Wildman–Crippen LogP) is 5.58. The largest absolute Gasteiger partial charge is 0.473 e. The molecular weight excluding hydrogens is 454 g/mol. The van der Waals surface area contributed by atoms with Crippen LogP contribution in [0.1, 0.15) is 21.5 Å². The molecule has 0 spiro atoms. The lowest BCUT2D eigenvalue weighted by atomic mass is 10.1. The van der Waals surface area contributed by atoms with Crippen LogP contribution in [0.25, 0.3) is 22.2 Å². The maximum atomic E-state index is 12.0. The van der Waals surface area contributed by atoms with Crippen molar-refractivity contribution in [2.75, 3.05) is 7.11 Å². The monoisotopic (exact) mass is 479 g/mol.